The molecule has 5 nitrogen and oxygen atoms in total. The van der Waals surface area contributed by atoms with Crippen LogP contribution in [-0.4, -0.2) is 9.91 Å². The number of aromatic nitrogens is 1. The summed E-state index contributed by atoms with van der Waals surface area (Å²) in [5.74, 6) is 0. The SMILES string of the molecule is N#Cc1ccnc(Sc2ccccc2[N+](=O)[O-])c1Cl. The topological polar surface area (TPSA) is 79.8 Å². The first-order chi connectivity index (χ1) is 9.13. The molecule has 0 aliphatic rings. The van der Waals surface area contributed by atoms with Gasteiger partial charge < -0.3 is 0 Å². The van der Waals surface area contributed by atoms with Crippen molar-refractivity contribution in [2.45, 2.75) is 9.92 Å². The lowest BCUT2D eigenvalue weighted by atomic mass is 10.3. The maximum absolute atomic E-state index is 10.9. The Morgan fingerprint density at radius 3 is 2.79 bits per heavy atom. The molecule has 0 spiro atoms. The highest BCUT2D eigenvalue weighted by Gasteiger charge is 2.16. The average molecular weight is 292 g/mol. The molecule has 94 valence electrons. The van der Waals surface area contributed by atoms with Gasteiger partial charge in [0.05, 0.1) is 20.4 Å². The van der Waals surface area contributed by atoms with Crippen molar-refractivity contribution in [3.8, 4) is 6.07 Å². The van der Waals surface area contributed by atoms with E-state index in [4.69, 9.17) is 16.9 Å². The molecule has 19 heavy (non-hydrogen) atoms. The number of pyridine rings is 1. The highest BCUT2D eigenvalue weighted by molar-refractivity contribution is 7.99. The number of halogens is 1. The van der Waals surface area contributed by atoms with Crippen LogP contribution in [0.4, 0.5) is 5.69 Å². The van der Waals surface area contributed by atoms with Crippen LogP contribution < -0.4 is 0 Å². The van der Waals surface area contributed by atoms with E-state index in [1.807, 2.05) is 6.07 Å². The van der Waals surface area contributed by atoms with E-state index < -0.39 is 4.92 Å². The Morgan fingerprint density at radius 1 is 1.37 bits per heavy atom. The number of hydrogen-bond acceptors (Lipinski definition) is 5. The van der Waals surface area contributed by atoms with E-state index in [-0.39, 0.29) is 16.3 Å². The van der Waals surface area contributed by atoms with Crippen molar-refractivity contribution < 1.29 is 4.92 Å². The van der Waals surface area contributed by atoms with Gasteiger partial charge in [0.15, 0.2) is 0 Å². The summed E-state index contributed by atoms with van der Waals surface area (Å²) >= 11 is 7.08. The zero-order chi connectivity index (χ0) is 13.8. The van der Waals surface area contributed by atoms with Gasteiger partial charge in [0.1, 0.15) is 11.1 Å². The first-order valence-electron chi connectivity index (χ1n) is 5.09. The standard InChI is InChI=1S/C12H6ClN3O2S/c13-11-8(7-14)5-6-15-12(11)19-10-4-2-1-3-9(10)16(17)18/h1-6H. The summed E-state index contributed by atoms with van der Waals surface area (Å²) < 4.78 is 0. The second-order valence-corrected chi connectivity index (χ2v) is 4.82. The van der Waals surface area contributed by atoms with Crippen LogP contribution >= 0.6 is 23.4 Å². The molecule has 0 aliphatic heterocycles. The maximum Gasteiger partial charge on any atom is 0.283 e. The minimum absolute atomic E-state index is 0.0206. The summed E-state index contributed by atoms with van der Waals surface area (Å²) in [5, 5.41) is 20.4. The number of benzene rings is 1. The zero-order valence-corrected chi connectivity index (χ0v) is 11.0. The molecule has 7 heteroatoms. The second-order valence-electron chi connectivity index (χ2n) is 3.42. The Bertz CT molecular complexity index is 685. The van der Waals surface area contributed by atoms with Crippen molar-refractivity contribution >= 4 is 29.1 Å². The lowest BCUT2D eigenvalue weighted by molar-refractivity contribution is -0.387. The third-order valence-electron chi connectivity index (χ3n) is 2.25. The molecule has 1 heterocycles. The molecule has 0 aliphatic carbocycles. The van der Waals surface area contributed by atoms with Crippen molar-refractivity contribution in [2.75, 3.05) is 0 Å². The summed E-state index contributed by atoms with van der Waals surface area (Å²) in [6.07, 6.45) is 1.45. The number of nitriles is 1. The highest BCUT2D eigenvalue weighted by Crippen LogP contribution is 2.37. The van der Waals surface area contributed by atoms with E-state index in [1.165, 1.54) is 18.3 Å². The number of para-hydroxylation sites is 1. The maximum atomic E-state index is 10.9. The third-order valence-corrected chi connectivity index (χ3v) is 3.81. The lowest BCUT2D eigenvalue weighted by Crippen LogP contribution is -1.91. The van der Waals surface area contributed by atoms with Crippen molar-refractivity contribution in [3.05, 3.63) is 57.2 Å². The van der Waals surface area contributed by atoms with Gasteiger partial charge in [-0.2, -0.15) is 5.26 Å². The van der Waals surface area contributed by atoms with Gasteiger partial charge >= 0.3 is 0 Å². The molecule has 0 saturated carbocycles. The number of nitro benzene ring substituents is 1. The molecule has 2 rings (SSSR count). The van der Waals surface area contributed by atoms with Crippen molar-refractivity contribution in [2.24, 2.45) is 0 Å². The normalized spacial score (nSPS) is 9.89. The molecule has 0 radical (unpaired) electrons. The molecule has 0 bridgehead atoms. The predicted molar refractivity (Wildman–Crippen MR) is 71.2 cm³/mol. The molecule has 1 aromatic carbocycles. The summed E-state index contributed by atoms with van der Waals surface area (Å²) in [7, 11) is 0. The van der Waals surface area contributed by atoms with Crippen LogP contribution in [0.3, 0.4) is 0 Å². The summed E-state index contributed by atoms with van der Waals surface area (Å²) in [4.78, 5) is 14.9. The molecule has 2 aromatic rings. The Hall–Kier alpha value is -2.10. The Kier molecular flexibility index (Phi) is 4.00. The van der Waals surface area contributed by atoms with Crippen LogP contribution in [0.1, 0.15) is 5.56 Å². The van der Waals surface area contributed by atoms with Gasteiger partial charge in [-0.3, -0.25) is 10.1 Å². The predicted octanol–water partition coefficient (Wildman–Crippen LogP) is 3.67. The van der Waals surface area contributed by atoms with Gasteiger partial charge in [0.2, 0.25) is 0 Å². The van der Waals surface area contributed by atoms with Crippen LogP contribution in [0.15, 0.2) is 46.5 Å². The van der Waals surface area contributed by atoms with E-state index in [0.29, 0.717) is 9.92 Å². The number of rotatable bonds is 3. The second kappa shape index (κ2) is 5.69. The van der Waals surface area contributed by atoms with Gasteiger partial charge in [-0.1, -0.05) is 35.5 Å². The number of hydrogen-bond donors (Lipinski definition) is 0. The van der Waals surface area contributed by atoms with Crippen LogP contribution in [0.25, 0.3) is 0 Å². The van der Waals surface area contributed by atoms with Crippen molar-refractivity contribution in [3.63, 3.8) is 0 Å². The average Bonchev–Trinajstić information content (AvgIpc) is 2.41. The monoisotopic (exact) mass is 291 g/mol. The Labute approximate surface area is 118 Å². The van der Waals surface area contributed by atoms with Crippen LogP contribution in [0.5, 0.6) is 0 Å². The van der Waals surface area contributed by atoms with Crippen molar-refractivity contribution in [1.82, 2.24) is 4.98 Å². The first-order valence-corrected chi connectivity index (χ1v) is 6.29. The Balaban J connectivity index is 2.43. The quantitative estimate of drug-likeness (QED) is 0.637. The molecule has 1 aromatic heterocycles. The summed E-state index contributed by atoms with van der Waals surface area (Å²) in [6.45, 7) is 0. The minimum Gasteiger partial charge on any atom is -0.258 e. The largest absolute Gasteiger partial charge is 0.283 e. The molecule has 0 amide bonds. The smallest absolute Gasteiger partial charge is 0.258 e. The molecular formula is C12H6ClN3O2S. The van der Waals surface area contributed by atoms with Gasteiger partial charge in [-0.05, 0) is 12.1 Å². The van der Waals surface area contributed by atoms with Gasteiger partial charge in [-0.25, -0.2) is 4.98 Å². The summed E-state index contributed by atoms with van der Waals surface area (Å²) in [6, 6.07) is 9.73. The van der Waals surface area contributed by atoms with Crippen LogP contribution in [0.2, 0.25) is 5.02 Å². The van der Waals surface area contributed by atoms with Gasteiger partial charge in [-0.15, -0.1) is 0 Å². The van der Waals surface area contributed by atoms with Crippen LogP contribution in [-0.2, 0) is 0 Å². The van der Waals surface area contributed by atoms with Crippen molar-refractivity contribution in [1.29, 1.82) is 5.26 Å². The zero-order valence-electron chi connectivity index (χ0n) is 9.41. The fourth-order valence-electron chi connectivity index (χ4n) is 1.38. The fourth-order valence-corrected chi connectivity index (χ4v) is 2.57. The van der Waals surface area contributed by atoms with Gasteiger partial charge in [0, 0.05) is 12.3 Å². The third kappa shape index (κ3) is 2.84. The van der Waals surface area contributed by atoms with Gasteiger partial charge in [0.25, 0.3) is 5.69 Å². The minimum atomic E-state index is -0.468. The summed E-state index contributed by atoms with van der Waals surface area (Å²) in [5.41, 5.74) is 0.269. The van der Waals surface area contributed by atoms with E-state index in [2.05, 4.69) is 4.98 Å². The Morgan fingerprint density at radius 2 is 2.11 bits per heavy atom. The highest BCUT2D eigenvalue weighted by atomic mass is 35.5. The number of nitrogens with zero attached hydrogens (tertiary/aromatic N) is 3. The molecule has 0 atom stereocenters. The molecule has 0 fully saturated rings. The molecular weight excluding hydrogens is 286 g/mol. The molecule has 0 N–H and O–H groups in total. The molecule has 0 unspecified atom stereocenters. The van der Waals surface area contributed by atoms with E-state index >= 15 is 0 Å². The fraction of sp³-hybridized carbons (Fsp3) is 0. The first kappa shape index (κ1) is 13.3. The van der Waals surface area contributed by atoms with E-state index in [9.17, 15) is 10.1 Å². The van der Waals surface area contributed by atoms with E-state index in [0.717, 1.165) is 11.8 Å². The van der Waals surface area contributed by atoms with E-state index in [1.54, 1.807) is 18.2 Å². The van der Waals surface area contributed by atoms with Crippen LogP contribution in [0, 0.1) is 21.4 Å². The molecule has 0 saturated heterocycles. The number of nitro groups is 1. The lowest BCUT2D eigenvalue weighted by Gasteiger charge is -2.04.